The summed E-state index contributed by atoms with van der Waals surface area (Å²) in [5.41, 5.74) is 0.950. The molecule has 1 fully saturated rings. The van der Waals surface area contributed by atoms with E-state index in [1.807, 2.05) is 6.07 Å². The average Bonchev–Trinajstić information content (AvgIpc) is 3.19. The van der Waals surface area contributed by atoms with Crippen LogP contribution < -0.4 is 5.32 Å². The second kappa shape index (κ2) is 5.82. The van der Waals surface area contributed by atoms with Gasteiger partial charge in [-0.05, 0) is 25.5 Å². The van der Waals surface area contributed by atoms with E-state index < -0.39 is 0 Å². The number of hydrogen-bond acceptors (Lipinski definition) is 4. The Morgan fingerprint density at radius 2 is 2.28 bits per heavy atom. The first kappa shape index (κ1) is 12.8. The van der Waals surface area contributed by atoms with Crippen molar-refractivity contribution in [3.63, 3.8) is 0 Å². The number of benzene rings is 1. The predicted octanol–water partition coefficient (Wildman–Crippen LogP) is 2.49. The summed E-state index contributed by atoms with van der Waals surface area (Å²) in [6.45, 7) is 5.06. The fraction of sp³-hybridized carbons (Fsp3) is 0.538. The van der Waals surface area contributed by atoms with Crippen molar-refractivity contribution in [2.75, 3.05) is 25.0 Å². The fourth-order valence-electron chi connectivity index (χ4n) is 2.11. The molecule has 0 unspecified atom stereocenters. The molecular weight excluding hydrogens is 230 g/mol. The smallest absolute Gasteiger partial charge is 0.271 e. The maximum absolute atomic E-state index is 10.6. The van der Waals surface area contributed by atoms with Gasteiger partial charge in [-0.3, -0.25) is 15.0 Å². The van der Waals surface area contributed by atoms with Crippen LogP contribution in [0.2, 0.25) is 0 Å². The summed E-state index contributed by atoms with van der Waals surface area (Å²) in [5.74, 6) is 0. The summed E-state index contributed by atoms with van der Waals surface area (Å²) in [7, 11) is 0. The summed E-state index contributed by atoms with van der Waals surface area (Å²) in [6.07, 6.45) is 2.62. The van der Waals surface area contributed by atoms with Crippen LogP contribution in [0, 0.1) is 10.1 Å². The summed E-state index contributed by atoms with van der Waals surface area (Å²) >= 11 is 0. The van der Waals surface area contributed by atoms with Crippen molar-refractivity contribution in [3.8, 4) is 0 Å². The monoisotopic (exact) mass is 249 g/mol. The van der Waals surface area contributed by atoms with Gasteiger partial charge in [0.1, 0.15) is 0 Å². The van der Waals surface area contributed by atoms with E-state index in [1.165, 1.54) is 18.9 Å². The van der Waals surface area contributed by atoms with Crippen LogP contribution in [-0.4, -0.2) is 35.5 Å². The quantitative estimate of drug-likeness (QED) is 0.596. The van der Waals surface area contributed by atoms with Gasteiger partial charge >= 0.3 is 0 Å². The van der Waals surface area contributed by atoms with Gasteiger partial charge < -0.3 is 5.32 Å². The molecule has 2 rings (SSSR count). The van der Waals surface area contributed by atoms with E-state index in [4.69, 9.17) is 0 Å². The van der Waals surface area contributed by atoms with Gasteiger partial charge in [0, 0.05) is 37.0 Å². The molecule has 1 aliphatic carbocycles. The molecule has 18 heavy (non-hydrogen) atoms. The van der Waals surface area contributed by atoms with Crippen LogP contribution in [0.3, 0.4) is 0 Å². The molecule has 98 valence electrons. The molecule has 1 aromatic carbocycles. The average molecular weight is 249 g/mol. The normalized spacial score (nSPS) is 14.8. The highest BCUT2D eigenvalue weighted by molar-refractivity contribution is 5.50. The third kappa shape index (κ3) is 3.43. The zero-order valence-electron chi connectivity index (χ0n) is 10.6. The number of nitrogens with zero attached hydrogens (tertiary/aromatic N) is 2. The zero-order valence-corrected chi connectivity index (χ0v) is 10.6. The number of nitro benzene ring substituents is 1. The van der Waals surface area contributed by atoms with E-state index >= 15 is 0 Å². The van der Waals surface area contributed by atoms with Gasteiger partial charge in [-0.25, -0.2) is 0 Å². The Morgan fingerprint density at radius 3 is 2.89 bits per heavy atom. The molecule has 1 saturated carbocycles. The van der Waals surface area contributed by atoms with Gasteiger partial charge in [0.15, 0.2) is 0 Å². The highest BCUT2D eigenvalue weighted by Crippen LogP contribution is 2.26. The first-order chi connectivity index (χ1) is 8.70. The molecular formula is C13H19N3O2. The van der Waals surface area contributed by atoms with Crippen LogP contribution in [0.4, 0.5) is 11.4 Å². The molecule has 1 aliphatic rings. The summed E-state index contributed by atoms with van der Waals surface area (Å²) in [5, 5.41) is 13.9. The number of non-ortho nitro benzene ring substituents is 1. The zero-order chi connectivity index (χ0) is 13.0. The van der Waals surface area contributed by atoms with Crippen LogP contribution >= 0.6 is 0 Å². The van der Waals surface area contributed by atoms with Gasteiger partial charge in [-0.1, -0.05) is 13.0 Å². The molecule has 1 N–H and O–H groups in total. The van der Waals surface area contributed by atoms with E-state index in [1.54, 1.807) is 12.1 Å². The van der Waals surface area contributed by atoms with Crippen LogP contribution in [0.25, 0.3) is 0 Å². The van der Waals surface area contributed by atoms with E-state index in [9.17, 15) is 10.1 Å². The Hall–Kier alpha value is -1.62. The lowest BCUT2D eigenvalue weighted by Crippen LogP contribution is -2.30. The second-order valence-electron chi connectivity index (χ2n) is 4.59. The van der Waals surface area contributed by atoms with Crippen LogP contribution in [-0.2, 0) is 0 Å². The Labute approximate surface area is 107 Å². The molecule has 1 aromatic rings. The van der Waals surface area contributed by atoms with Crippen molar-refractivity contribution in [1.82, 2.24) is 4.90 Å². The number of likely N-dealkylation sites (N-methyl/N-ethyl adjacent to an activating group) is 1. The van der Waals surface area contributed by atoms with E-state index in [0.717, 1.165) is 31.4 Å². The predicted molar refractivity (Wildman–Crippen MR) is 71.9 cm³/mol. The Kier molecular flexibility index (Phi) is 4.15. The molecule has 0 spiro atoms. The first-order valence-corrected chi connectivity index (χ1v) is 6.43. The minimum atomic E-state index is -0.367. The Balaban J connectivity index is 1.82. The topological polar surface area (TPSA) is 58.4 Å². The standard InChI is InChI=1S/C13H19N3O2/c1-2-15(12-6-7-12)9-8-14-11-4-3-5-13(10-11)16(17)18/h3-5,10,12,14H,2,6-9H2,1H3. The van der Waals surface area contributed by atoms with Crippen molar-refractivity contribution in [2.45, 2.75) is 25.8 Å². The molecule has 0 aliphatic heterocycles. The van der Waals surface area contributed by atoms with E-state index in [2.05, 4.69) is 17.1 Å². The van der Waals surface area contributed by atoms with Crippen molar-refractivity contribution in [3.05, 3.63) is 34.4 Å². The number of nitro groups is 1. The van der Waals surface area contributed by atoms with Crippen molar-refractivity contribution >= 4 is 11.4 Å². The number of anilines is 1. The molecule has 5 nitrogen and oxygen atoms in total. The molecule has 0 atom stereocenters. The number of hydrogen-bond donors (Lipinski definition) is 1. The second-order valence-corrected chi connectivity index (χ2v) is 4.59. The third-order valence-corrected chi connectivity index (χ3v) is 3.25. The summed E-state index contributed by atoms with van der Waals surface area (Å²) < 4.78 is 0. The third-order valence-electron chi connectivity index (χ3n) is 3.25. The molecule has 0 radical (unpaired) electrons. The maximum atomic E-state index is 10.6. The van der Waals surface area contributed by atoms with Crippen molar-refractivity contribution < 1.29 is 4.92 Å². The van der Waals surface area contributed by atoms with E-state index in [-0.39, 0.29) is 10.6 Å². The van der Waals surface area contributed by atoms with Gasteiger partial charge in [-0.15, -0.1) is 0 Å². The first-order valence-electron chi connectivity index (χ1n) is 6.43. The van der Waals surface area contributed by atoms with Gasteiger partial charge in [0.25, 0.3) is 5.69 Å². The molecule has 0 saturated heterocycles. The highest BCUT2D eigenvalue weighted by atomic mass is 16.6. The lowest BCUT2D eigenvalue weighted by molar-refractivity contribution is -0.384. The summed E-state index contributed by atoms with van der Waals surface area (Å²) in [4.78, 5) is 12.7. The van der Waals surface area contributed by atoms with Gasteiger partial charge in [0.2, 0.25) is 0 Å². The minimum Gasteiger partial charge on any atom is -0.384 e. The maximum Gasteiger partial charge on any atom is 0.271 e. The van der Waals surface area contributed by atoms with Crippen LogP contribution in [0.1, 0.15) is 19.8 Å². The Bertz CT molecular complexity index is 418. The largest absolute Gasteiger partial charge is 0.384 e. The van der Waals surface area contributed by atoms with Gasteiger partial charge in [0.05, 0.1) is 4.92 Å². The molecule has 0 bridgehead atoms. The SMILES string of the molecule is CCN(CCNc1cccc([N+](=O)[O-])c1)C1CC1. The van der Waals surface area contributed by atoms with Crippen LogP contribution in [0.15, 0.2) is 24.3 Å². The minimum absolute atomic E-state index is 0.134. The van der Waals surface area contributed by atoms with Crippen molar-refractivity contribution in [2.24, 2.45) is 0 Å². The number of nitrogens with one attached hydrogen (secondary N) is 1. The van der Waals surface area contributed by atoms with Crippen LogP contribution in [0.5, 0.6) is 0 Å². The number of rotatable bonds is 7. The van der Waals surface area contributed by atoms with Crippen molar-refractivity contribution in [1.29, 1.82) is 0 Å². The molecule has 0 amide bonds. The molecule has 0 aromatic heterocycles. The lowest BCUT2D eigenvalue weighted by atomic mass is 10.3. The van der Waals surface area contributed by atoms with E-state index in [0.29, 0.717) is 0 Å². The fourth-order valence-corrected chi connectivity index (χ4v) is 2.11. The molecule has 0 heterocycles. The lowest BCUT2D eigenvalue weighted by Gasteiger charge is -2.20. The van der Waals surface area contributed by atoms with Gasteiger partial charge in [-0.2, -0.15) is 0 Å². The Morgan fingerprint density at radius 1 is 1.50 bits per heavy atom. The molecule has 5 heteroatoms. The summed E-state index contributed by atoms with van der Waals surface area (Å²) in [6, 6.07) is 7.42. The highest BCUT2D eigenvalue weighted by Gasteiger charge is 2.27.